The first-order chi connectivity index (χ1) is 8.76. The van der Waals surface area contributed by atoms with Gasteiger partial charge < -0.3 is 0 Å². The predicted octanol–water partition coefficient (Wildman–Crippen LogP) is 3.59. The summed E-state index contributed by atoms with van der Waals surface area (Å²) < 4.78 is 0. The Morgan fingerprint density at radius 2 is 2.33 bits per heavy atom. The van der Waals surface area contributed by atoms with E-state index in [0.29, 0.717) is 0 Å². The lowest BCUT2D eigenvalue weighted by Crippen LogP contribution is -2.34. The van der Waals surface area contributed by atoms with Gasteiger partial charge in [0.2, 0.25) is 0 Å². The zero-order valence-corrected chi connectivity index (χ0v) is 11.3. The number of nitrogens with zero attached hydrogens (tertiary/aromatic N) is 2. The van der Waals surface area contributed by atoms with Crippen LogP contribution in [0.5, 0.6) is 0 Å². The number of hydrogen-bond donors (Lipinski definition) is 0. The third-order valence-corrected chi connectivity index (χ3v) is 5.14. The Bertz CT molecular complexity index is 589. The van der Waals surface area contributed by atoms with E-state index >= 15 is 0 Å². The summed E-state index contributed by atoms with van der Waals surface area (Å²) in [5.74, 6) is 1.95. The van der Waals surface area contributed by atoms with Crippen molar-refractivity contribution in [1.82, 2.24) is 0 Å². The third kappa shape index (κ3) is 1.68. The lowest BCUT2D eigenvalue weighted by Gasteiger charge is -2.33. The lowest BCUT2D eigenvalue weighted by molar-refractivity contribution is 0.579. The molecule has 90 valence electrons. The highest BCUT2D eigenvalue weighted by atomic mass is 35.5. The molecule has 3 aliphatic rings. The van der Waals surface area contributed by atoms with Gasteiger partial charge in [0.1, 0.15) is 0 Å². The van der Waals surface area contributed by atoms with Gasteiger partial charge in [-0.3, -0.25) is 4.99 Å². The maximum absolute atomic E-state index is 8.81. The van der Waals surface area contributed by atoms with Crippen molar-refractivity contribution in [2.45, 2.75) is 6.42 Å². The SMILES string of the molecule is N#C/C=C1/C=CC2=NC=CC(Cl)=C3CSCC23C1. The molecule has 2 aliphatic heterocycles. The summed E-state index contributed by atoms with van der Waals surface area (Å²) in [5, 5.41) is 9.62. The maximum atomic E-state index is 8.81. The molecule has 4 heteroatoms. The van der Waals surface area contributed by atoms with Gasteiger partial charge in [-0.25, -0.2) is 0 Å². The van der Waals surface area contributed by atoms with E-state index in [1.165, 1.54) is 5.57 Å². The molecule has 2 heterocycles. The minimum atomic E-state index is -0.0946. The molecule has 2 nitrogen and oxygen atoms in total. The van der Waals surface area contributed by atoms with Crippen LogP contribution in [0.3, 0.4) is 0 Å². The Labute approximate surface area is 115 Å². The van der Waals surface area contributed by atoms with Crippen LogP contribution in [0, 0.1) is 16.7 Å². The number of allylic oxidation sites excluding steroid dienone is 6. The van der Waals surface area contributed by atoms with Gasteiger partial charge in [0, 0.05) is 34.2 Å². The van der Waals surface area contributed by atoms with Gasteiger partial charge in [0.25, 0.3) is 0 Å². The van der Waals surface area contributed by atoms with Crippen molar-refractivity contribution in [3.63, 3.8) is 0 Å². The Balaban J connectivity index is 2.17. The smallest absolute Gasteiger partial charge is 0.0914 e. The van der Waals surface area contributed by atoms with Gasteiger partial charge in [-0.15, -0.1) is 0 Å². The van der Waals surface area contributed by atoms with E-state index in [1.54, 1.807) is 12.3 Å². The van der Waals surface area contributed by atoms with E-state index in [-0.39, 0.29) is 5.41 Å². The number of halogens is 1. The molecule has 0 aromatic carbocycles. The molecule has 3 rings (SSSR count). The standard InChI is InChI=1S/C14H11ClN2S/c15-12-4-6-17-13-2-1-10(3-5-16)7-14(13)9-18-8-11(12)14/h1-4,6H,7-9H2/b10-3-. The van der Waals surface area contributed by atoms with Gasteiger partial charge >= 0.3 is 0 Å². The first-order valence-electron chi connectivity index (χ1n) is 5.75. The quantitative estimate of drug-likeness (QED) is 0.633. The fourth-order valence-electron chi connectivity index (χ4n) is 2.71. The summed E-state index contributed by atoms with van der Waals surface area (Å²) in [5.41, 5.74) is 3.30. The second-order valence-electron chi connectivity index (χ2n) is 4.59. The van der Waals surface area contributed by atoms with Gasteiger partial charge in [0.05, 0.1) is 11.8 Å². The highest BCUT2D eigenvalue weighted by molar-refractivity contribution is 7.99. The number of nitriles is 1. The number of hydrogen-bond acceptors (Lipinski definition) is 3. The van der Waals surface area contributed by atoms with Crippen molar-refractivity contribution < 1.29 is 0 Å². The fourth-order valence-corrected chi connectivity index (χ4v) is 4.61. The van der Waals surface area contributed by atoms with Crippen molar-refractivity contribution in [3.8, 4) is 6.07 Å². The number of thioether (sulfide) groups is 1. The fraction of sp³-hybridized carbons (Fsp3) is 0.286. The summed E-state index contributed by atoms with van der Waals surface area (Å²) in [6.45, 7) is 0. The zero-order chi connectivity index (χ0) is 12.6. The van der Waals surface area contributed by atoms with Crippen LogP contribution in [-0.2, 0) is 0 Å². The van der Waals surface area contributed by atoms with Crippen LogP contribution < -0.4 is 0 Å². The van der Waals surface area contributed by atoms with E-state index in [1.807, 2.05) is 30.0 Å². The topological polar surface area (TPSA) is 36.1 Å². The average molecular weight is 275 g/mol. The molecule has 0 N–H and O–H groups in total. The first-order valence-corrected chi connectivity index (χ1v) is 7.28. The van der Waals surface area contributed by atoms with Crippen LogP contribution in [-0.4, -0.2) is 17.2 Å². The van der Waals surface area contributed by atoms with Crippen LogP contribution in [0.15, 0.2) is 51.7 Å². The van der Waals surface area contributed by atoms with Crippen LogP contribution in [0.1, 0.15) is 6.42 Å². The molecule has 1 fully saturated rings. The average Bonchev–Trinajstić information content (AvgIpc) is 2.71. The van der Waals surface area contributed by atoms with Gasteiger partial charge in [-0.2, -0.15) is 17.0 Å². The largest absolute Gasteiger partial charge is 0.260 e. The molecule has 1 saturated heterocycles. The molecule has 1 spiro atoms. The molecule has 0 radical (unpaired) electrons. The van der Waals surface area contributed by atoms with E-state index in [2.05, 4.69) is 11.1 Å². The van der Waals surface area contributed by atoms with Gasteiger partial charge in [-0.05, 0) is 29.7 Å². The first kappa shape index (κ1) is 11.8. The molecule has 1 unspecified atom stereocenters. The lowest BCUT2D eigenvalue weighted by atomic mass is 9.70. The summed E-state index contributed by atoms with van der Waals surface area (Å²) in [6.07, 6.45) is 10.1. The van der Waals surface area contributed by atoms with Crippen molar-refractivity contribution in [2.24, 2.45) is 10.4 Å². The van der Waals surface area contributed by atoms with Crippen LogP contribution in [0.4, 0.5) is 0 Å². The van der Waals surface area contributed by atoms with Crippen molar-refractivity contribution in [2.75, 3.05) is 11.5 Å². The second kappa shape index (κ2) is 4.46. The molecule has 0 saturated carbocycles. The monoisotopic (exact) mass is 274 g/mol. The normalized spacial score (nSPS) is 31.8. The van der Waals surface area contributed by atoms with Gasteiger partial charge in [0.15, 0.2) is 0 Å². The Morgan fingerprint density at radius 1 is 1.44 bits per heavy atom. The minimum absolute atomic E-state index is 0.0946. The summed E-state index contributed by atoms with van der Waals surface area (Å²) in [6, 6.07) is 2.11. The van der Waals surface area contributed by atoms with Gasteiger partial charge in [-0.1, -0.05) is 17.7 Å². The molecule has 1 aliphatic carbocycles. The summed E-state index contributed by atoms with van der Waals surface area (Å²) >= 11 is 8.25. The van der Waals surface area contributed by atoms with Crippen molar-refractivity contribution >= 4 is 29.1 Å². The molecule has 18 heavy (non-hydrogen) atoms. The van der Waals surface area contributed by atoms with E-state index in [0.717, 1.165) is 34.2 Å². The predicted molar refractivity (Wildman–Crippen MR) is 76.7 cm³/mol. The van der Waals surface area contributed by atoms with E-state index < -0.39 is 0 Å². The highest BCUT2D eigenvalue weighted by Gasteiger charge is 2.45. The van der Waals surface area contributed by atoms with E-state index in [4.69, 9.17) is 16.9 Å². The summed E-state index contributed by atoms with van der Waals surface area (Å²) in [7, 11) is 0. The van der Waals surface area contributed by atoms with Crippen molar-refractivity contribution in [1.29, 1.82) is 5.26 Å². The van der Waals surface area contributed by atoms with Crippen LogP contribution >= 0.6 is 23.4 Å². The molecule has 0 bridgehead atoms. The number of rotatable bonds is 0. The molecular weight excluding hydrogens is 264 g/mol. The second-order valence-corrected chi connectivity index (χ2v) is 5.98. The Kier molecular flexibility index (Phi) is 2.93. The van der Waals surface area contributed by atoms with E-state index in [9.17, 15) is 0 Å². The third-order valence-electron chi connectivity index (χ3n) is 3.60. The molecule has 0 aromatic rings. The van der Waals surface area contributed by atoms with Crippen molar-refractivity contribution in [3.05, 3.63) is 46.7 Å². The number of aliphatic imine (C=N–C) groups is 1. The molecule has 1 atom stereocenters. The van der Waals surface area contributed by atoms with Crippen LogP contribution in [0.25, 0.3) is 0 Å². The minimum Gasteiger partial charge on any atom is -0.260 e. The Morgan fingerprint density at radius 3 is 3.17 bits per heavy atom. The van der Waals surface area contributed by atoms with Crippen LogP contribution in [0.2, 0.25) is 0 Å². The zero-order valence-electron chi connectivity index (χ0n) is 9.69. The Hall–Kier alpha value is -1.24. The maximum Gasteiger partial charge on any atom is 0.0914 e. The molecule has 0 aromatic heterocycles. The molecule has 0 amide bonds. The highest BCUT2D eigenvalue weighted by Crippen LogP contribution is 2.51. The molecular formula is C14H11ClN2S. The summed E-state index contributed by atoms with van der Waals surface area (Å²) in [4.78, 5) is 4.52.